The highest BCUT2D eigenvalue weighted by atomic mass is 16.2. The van der Waals surface area contributed by atoms with Crippen LogP contribution in [0.4, 0.5) is 0 Å². The lowest BCUT2D eigenvalue weighted by Crippen LogP contribution is -2.68. The molecule has 1 saturated heterocycles. The Hall–Kier alpha value is -2.35. The van der Waals surface area contributed by atoms with Gasteiger partial charge < -0.3 is 10.6 Å². The van der Waals surface area contributed by atoms with E-state index in [1.54, 1.807) is 0 Å². The number of benzene rings is 1. The quantitative estimate of drug-likeness (QED) is 0.700. The first-order valence-corrected chi connectivity index (χ1v) is 5.24. The molecule has 1 aliphatic rings. The van der Waals surface area contributed by atoms with Gasteiger partial charge in [-0.3, -0.25) is 9.59 Å². The van der Waals surface area contributed by atoms with E-state index < -0.39 is 12.1 Å². The summed E-state index contributed by atoms with van der Waals surface area (Å²) >= 11 is 0. The SMILES string of the molecule is N#C[C@H]1NC(=O)[C@H]1NC(=O)Cc1ccccc1. The monoisotopic (exact) mass is 229 g/mol. The molecule has 2 N–H and O–H groups in total. The summed E-state index contributed by atoms with van der Waals surface area (Å²) < 4.78 is 0. The van der Waals surface area contributed by atoms with Crippen molar-refractivity contribution in [3.63, 3.8) is 0 Å². The van der Waals surface area contributed by atoms with Crippen molar-refractivity contribution in [2.24, 2.45) is 0 Å². The average molecular weight is 229 g/mol. The Labute approximate surface area is 98.4 Å². The highest BCUT2D eigenvalue weighted by molar-refractivity contribution is 5.94. The van der Waals surface area contributed by atoms with Crippen LogP contribution in [0.15, 0.2) is 30.3 Å². The number of nitrogens with zero attached hydrogens (tertiary/aromatic N) is 1. The molecule has 0 saturated carbocycles. The Morgan fingerprint density at radius 3 is 2.71 bits per heavy atom. The molecule has 1 aromatic rings. The van der Waals surface area contributed by atoms with Gasteiger partial charge in [0.1, 0.15) is 12.1 Å². The maximum Gasteiger partial charge on any atom is 0.246 e. The van der Waals surface area contributed by atoms with Crippen molar-refractivity contribution < 1.29 is 9.59 Å². The van der Waals surface area contributed by atoms with Crippen LogP contribution < -0.4 is 10.6 Å². The molecule has 5 nitrogen and oxygen atoms in total. The molecule has 0 aromatic heterocycles. The number of β-lactam (4-membered cyclic amide) rings is 1. The number of rotatable bonds is 3. The minimum absolute atomic E-state index is 0.211. The summed E-state index contributed by atoms with van der Waals surface area (Å²) in [5.74, 6) is -0.561. The van der Waals surface area contributed by atoms with Gasteiger partial charge in [0.15, 0.2) is 0 Å². The fourth-order valence-electron chi connectivity index (χ4n) is 1.64. The fraction of sp³-hybridized carbons (Fsp3) is 0.250. The maximum absolute atomic E-state index is 11.6. The van der Waals surface area contributed by atoms with Crippen LogP contribution in [0.2, 0.25) is 0 Å². The van der Waals surface area contributed by atoms with Crippen molar-refractivity contribution in [1.29, 1.82) is 5.26 Å². The largest absolute Gasteiger partial charge is 0.341 e. The fourth-order valence-corrected chi connectivity index (χ4v) is 1.64. The van der Waals surface area contributed by atoms with Crippen molar-refractivity contribution in [2.75, 3.05) is 0 Å². The molecular formula is C12H11N3O2. The summed E-state index contributed by atoms with van der Waals surface area (Å²) in [5.41, 5.74) is 0.873. The molecular weight excluding hydrogens is 218 g/mol. The van der Waals surface area contributed by atoms with Gasteiger partial charge in [-0.05, 0) is 5.56 Å². The maximum atomic E-state index is 11.6. The first-order chi connectivity index (χ1) is 8.20. The van der Waals surface area contributed by atoms with Crippen molar-refractivity contribution >= 4 is 11.8 Å². The summed E-state index contributed by atoms with van der Waals surface area (Å²) in [6.45, 7) is 0. The molecule has 1 aromatic carbocycles. The Balaban J connectivity index is 1.90. The van der Waals surface area contributed by atoms with Gasteiger partial charge in [-0.1, -0.05) is 30.3 Å². The van der Waals surface area contributed by atoms with Crippen LogP contribution in [-0.2, 0) is 16.0 Å². The molecule has 2 rings (SSSR count). The van der Waals surface area contributed by atoms with Crippen LogP contribution in [-0.4, -0.2) is 23.9 Å². The second-order valence-electron chi connectivity index (χ2n) is 3.82. The summed E-state index contributed by atoms with van der Waals surface area (Å²) in [6.07, 6.45) is 0.211. The van der Waals surface area contributed by atoms with E-state index in [2.05, 4.69) is 10.6 Å². The van der Waals surface area contributed by atoms with Crippen LogP contribution in [0.1, 0.15) is 5.56 Å². The molecule has 0 spiro atoms. The van der Waals surface area contributed by atoms with E-state index in [1.165, 1.54) is 0 Å². The van der Waals surface area contributed by atoms with Crippen LogP contribution in [0.3, 0.4) is 0 Å². The molecule has 86 valence electrons. The lowest BCUT2D eigenvalue weighted by molar-refractivity contribution is -0.134. The van der Waals surface area contributed by atoms with Crippen LogP contribution in [0.5, 0.6) is 0 Å². The van der Waals surface area contributed by atoms with Crippen molar-refractivity contribution in [2.45, 2.75) is 18.5 Å². The summed E-state index contributed by atoms with van der Waals surface area (Å²) in [4.78, 5) is 22.7. The molecule has 2 amide bonds. The zero-order valence-corrected chi connectivity index (χ0v) is 9.01. The Kier molecular flexibility index (Phi) is 3.06. The number of hydrogen-bond donors (Lipinski definition) is 2. The minimum atomic E-state index is -0.712. The summed E-state index contributed by atoms with van der Waals surface area (Å²) in [6, 6.07) is 9.81. The van der Waals surface area contributed by atoms with E-state index in [1.807, 2.05) is 36.4 Å². The predicted octanol–water partition coefficient (Wildman–Crippen LogP) is -0.264. The van der Waals surface area contributed by atoms with E-state index >= 15 is 0 Å². The van der Waals surface area contributed by atoms with E-state index in [-0.39, 0.29) is 18.2 Å². The van der Waals surface area contributed by atoms with E-state index in [0.29, 0.717) is 0 Å². The van der Waals surface area contributed by atoms with Gasteiger partial charge in [0.25, 0.3) is 0 Å². The summed E-state index contributed by atoms with van der Waals surface area (Å²) in [7, 11) is 0. The van der Waals surface area contributed by atoms with Gasteiger partial charge in [-0.25, -0.2) is 0 Å². The zero-order valence-electron chi connectivity index (χ0n) is 9.01. The molecule has 1 aliphatic heterocycles. The lowest BCUT2D eigenvalue weighted by Gasteiger charge is -2.32. The smallest absolute Gasteiger partial charge is 0.246 e. The third kappa shape index (κ3) is 2.42. The van der Waals surface area contributed by atoms with Crippen LogP contribution >= 0.6 is 0 Å². The molecule has 5 heteroatoms. The zero-order chi connectivity index (χ0) is 12.3. The molecule has 0 aliphatic carbocycles. The molecule has 1 heterocycles. The van der Waals surface area contributed by atoms with Crippen molar-refractivity contribution in [1.82, 2.24) is 10.6 Å². The predicted molar refractivity (Wildman–Crippen MR) is 59.6 cm³/mol. The van der Waals surface area contributed by atoms with Gasteiger partial charge in [-0.15, -0.1) is 0 Å². The van der Waals surface area contributed by atoms with E-state index in [9.17, 15) is 9.59 Å². The van der Waals surface area contributed by atoms with Crippen molar-refractivity contribution in [3.8, 4) is 6.07 Å². The highest BCUT2D eigenvalue weighted by Crippen LogP contribution is 2.06. The topological polar surface area (TPSA) is 82.0 Å². The molecule has 2 atom stereocenters. The average Bonchev–Trinajstić information content (AvgIpc) is 2.34. The first-order valence-electron chi connectivity index (χ1n) is 5.24. The standard InChI is InChI=1S/C12H11N3O2/c13-7-9-11(12(17)14-9)15-10(16)6-8-4-2-1-3-5-8/h1-5,9,11H,6H2,(H,14,17)(H,15,16)/t9-,11+/m1/s1. The third-order valence-corrected chi connectivity index (χ3v) is 2.58. The van der Waals surface area contributed by atoms with Crippen molar-refractivity contribution in [3.05, 3.63) is 35.9 Å². The van der Waals surface area contributed by atoms with Gasteiger partial charge in [-0.2, -0.15) is 5.26 Å². The van der Waals surface area contributed by atoms with Gasteiger partial charge in [0.2, 0.25) is 11.8 Å². The number of carbonyl (C=O) groups excluding carboxylic acids is 2. The minimum Gasteiger partial charge on any atom is -0.341 e. The van der Waals surface area contributed by atoms with Gasteiger partial charge >= 0.3 is 0 Å². The van der Waals surface area contributed by atoms with Crippen LogP contribution in [0, 0.1) is 11.3 Å². The highest BCUT2D eigenvalue weighted by Gasteiger charge is 2.40. The Bertz CT molecular complexity index is 478. The van der Waals surface area contributed by atoms with E-state index in [4.69, 9.17) is 5.26 Å². The van der Waals surface area contributed by atoms with E-state index in [0.717, 1.165) is 5.56 Å². The number of hydrogen-bond acceptors (Lipinski definition) is 3. The van der Waals surface area contributed by atoms with Gasteiger partial charge in [0.05, 0.1) is 12.5 Å². The Morgan fingerprint density at radius 1 is 1.41 bits per heavy atom. The number of amides is 2. The molecule has 0 unspecified atom stereocenters. The lowest BCUT2D eigenvalue weighted by atomic mass is 10.00. The number of nitrogens with one attached hydrogen (secondary N) is 2. The third-order valence-electron chi connectivity index (χ3n) is 2.58. The second kappa shape index (κ2) is 4.66. The second-order valence-corrected chi connectivity index (χ2v) is 3.82. The molecule has 17 heavy (non-hydrogen) atoms. The first kappa shape index (κ1) is 11.1. The van der Waals surface area contributed by atoms with Crippen LogP contribution in [0.25, 0.3) is 0 Å². The number of nitriles is 1. The van der Waals surface area contributed by atoms with Gasteiger partial charge in [0, 0.05) is 0 Å². The molecule has 0 bridgehead atoms. The summed E-state index contributed by atoms with van der Waals surface area (Å²) in [5, 5.41) is 13.6. The Morgan fingerprint density at radius 2 is 2.12 bits per heavy atom. The normalized spacial score (nSPS) is 21.9. The molecule has 1 fully saturated rings. The molecule has 0 radical (unpaired) electrons. The number of carbonyl (C=O) groups is 2.